The van der Waals surface area contributed by atoms with Crippen LogP contribution in [0.4, 0.5) is 0 Å². The van der Waals surface area contributed by atoms with Gasteiger partial charge in [-0.25, -0.2) is 0 Å². The number of rotatable bonds is 1. The molecule has 0 aliphatic carbocycles. The average Bonchev–Trinajstić information content (AvgIpc) is 3.35. The summed E-state index contributed by atoms with van der Waals surface area (Å²) in [6, 6.07) is 15.5. The van der Waals surface area contributed by atoms with Crippen LogP contribution in [0.1, 0.15) is 88.6 Å². The average molecular weight is 746 g/mol. The Bertz CT molecular complexity index is 1010. The molecular formula is C31H47B3Cl2IO6. The van der Waals surface area contributed by atoms with Crippen molar-refractivity contribution < 1.29 is 27.9 Å². The first-order valence-electron chi connectivity index (χ1n) is 14.4. The molecule has 6 nitrogen and oxygen atoms in total. The van der Waals surface area contributed by atoms with E-state index < -0.39 is 14.0 Å². The molecule has 0 bridgehead atoms. The minimum Gasteiger partial charge on any atom is -0.405 e. The van der Waals surface area contributed by atoms with E-state index >= 15 is 0 Å². The lowest BCUT2D eigenvalue weighted by atomic mass is 9.49. The molecule has 2 aromatic carbocycles. The van der Waals surface area contributed by atoms with E-state index in [2.05, 4.69) is 22.6 Å². The van der Waals surface area contributed by atoms with Crippen molar-refractivity contribution in [2.75, 3.05) is 0 Å². The second kappa shape index (κ2) is 14.6. The molecule has 1 radical (unpaired) electrons. The van der Waals surface area contributed by atoms with Crippen molar-refractivity contribution in [1.29, 1.82) is 0 Å². The summed E-state index contributed by atoms with van der Waals surface area (Å²) in [5.41, 5.74) is -0.570. The minimum atomic E-state index is -0.476. The van der Waals surface area contributed by atoms with Gasteiger partial charge in [0.05, 0.1) is 33.6 Å². The van der Waals surface area contributed by atoms with E-state index in [-0.39, 0.29) is 33.6 Å². The maximum Gasteiger partial charge on any atom is 0.488 e. The van der Waals surface area contributed by atoms with Crippen LogP contribution >= 0.6 is 45.8 Å². The van der Waals surface area contributed by atoms with Crippen LogP contribution in [0.5, 0.6) is 0 Å². The molecule has 3 aliphatic rings. The number of aryl methyl sites for hydroxylation is 1. The van der Waals surface area contributed by atoms with Gasteiger partial charge in [0, 0.05) is 13.6 Å². The van der Waals surface area contributed by atoms with E-state index in [4.69, 9.17) is 51.1 Å². The van der Waals surface area contributed by atoms with Gasteiger partial charge in [0.1, 0.15) is 0 Å². The first kappa shape index (κ1) is 38.9. The van der Waals surface area contributed by atoms with Crippen molar-refractivity contribution in [3.8, 4) is 0 Å². The molecule has 5 rings (SSSR count). The highest BCUT2D eigenvalue weighted by Gasteiger charge is 2.63. The van der Waals surface area contributed by atoms with E-state index in [0.29, 0.717) is 0 Å². The highest BCUT2D eigenvalue weighted by molar-refractivity contribution is 14.1. The molecule has 0 N–H and O–H groups in total. The highest BCUT2D eigenvalue weighted by atomic mass is 127. The molecule has 3 fully saturated rings. The Hall–Kier alpha value is -0.295. The summed E-state index contributed by atoms with van der Waals surface area (Å²) >= 11 is 13.5. The minimum absolute atomic E-state index is 0.187. The summed E-state index contributed by atoms with van der Waals surface area (Å²) in [5.74, 6) is 0. The molecule has 3 heterocycles. The third-order valence-corrected chi connectivity index (χ3v) is 9.94. The summed E-state index contributed by atoms with van der Waals surface area (Å²) in [4.78, 5) is 0. The van der Waals surface area contributed by atoms with E-state index in [0.717, 1.165) is 10.0 Å². The maximum atomic E-state index is 5.96. The van der Waals surface area contributed by atoms with Gasteiger partial charge >= 0.3 is 21.7 Å². The predicted molar refractivity (Wildman–Crippen MR) is 189 cm³/mol. The molecule has 0 atom stereocenters. The third kappa shape index (κ3) is 10.6. The Balaban J connectivity index is 0.000000217. The monoisotopic (exact) mass is 745 g/mol. The lowest BCUT2D eigenvalue weighted by Gasteiger charge is -2.32. The van der Waals surface area contributed by atoms with Crippen LogP contribution in [0.3, 0.4) is 0 Å². The summed E-state index contributed by atoms with van der Waals surface area (Å²) in [5, 5.41) is 1.60. The molecule has 237 valence electrons. The van der Waals surface area contributed by atoms with Crippen molar-refractivity contribution in [2.45, 2.75) is 124 Å². The lowest BCUT2D eigenvalue weighted by Crippen LogP contribution is -2.41. The smallest absolute Gasteiger partial charge is 0.405 e. The molecule has 2 aromatic rings. The zero-order chi connectivity index (χ0) is 33.1. The molecule has 3 saturated heterocycles. The van der Waals surface area contributed by atoms with Crippen LogP contribution in [0.25, 0.3) is 0 Å². The zero-order valence-corrected chi connectivity index (χ0v) is 31.6. The van der Waals surface area contributed by atoms with E-state index in [1.165, 1.54) is 16.8 Å². The topological polar surface area (TPSA) is 55.4 Å². The summed E-state index contributed by atoms with van der Waals surface area (Å²) in [6.45, 7) is 26.3. The van der Waals surface area contributed by atoms with Gasteiger partial charge in [0.15, 0.2) is 0 Å². The standard InChI is InChI=1S/C12H24B2O4.C7H7Cl.C6H12BO2.C6H4ClI/c1-9(2)10(3,4)16-13(15-9)14-17-11(5,6)12(7,8)18-14;1-6-2-4-7(8)5-3-6;1-5(2)6(3,4)9-7-8-5;7-5-1-3-6(8)4-2-5/h1-8H3;2-5H,1H3;1-4H3;1-4H. The molecule has 43 heavy (non-hydrogen) atoms. The first-order valence-corrected chi connectivity index (χ1v) is 16.3. The third-order valence-electron chi connectivity index (χ3n) is 8.72. The summed E-state index contributed by atoms with van der Waals surface area (Å²) in [7, 11) is 0.465. The Morgan fingerprint density at radius 3 is 1.00 bits per heavy atom. The Morgan fingerprint density at radius 1 is 0.512 bits per heavy atom. The van der Waals surface area contributed by atoms with Gasteiger partial charge in [0.2, 0.25) is 0 Å². The fraction of sp³-hybridized carbons (Fsp3) is 0.613. The summed E-state index contributed by atoms with van der Waals surface area (Å²) in [6.07, 6.45) is 0. The largest absolute Gasteiger partial charge is 0.488 e. The Kier molecular flexibility index (Phi) is 13.2. The van der Waals surface area contributed by atoms with Crippen LogP contribution in [0.15, 0.2) is 48.5 Å². The number of halogens is 3. The van der Waals surface area contributed by atoms with Crippen molar-refractivity contribution >= 4 is 67.5 Å². The zero-order valence-electron chi connectivity index (χ0n) is 27.9. The fourth-order valence-corrected chi connectivity index (χ4v) is 4.12. The number of hydrogen-bond donors (Lipinski definition) is 0. The van der Waals surface area contributed by atoms with E-state index in [1.54, 1.807) is 0 Å². The van der Waals surface area contributed by atoms with Crippen LogP contribution in [-0.2, 0) is 27.9 Å². The van der Waals surface area contributed by atoms with Gasteiger partial charge in [-0.2, -0.15) is 0 Å². The molecule has 0 spiro atoms. The predicted octanol–water partition coefficient (Wildman–Crippen LogP) is 8.97. The lowest BCUT2D eigenvalue weighted by molar-refractivity contribution is 0.00578. The molecule has 0 amide bonds. The number of benzene rings is 2. The van der Waals surface area contributed by atoms with Crippen molar-refractivity contribution in [3.05, 3.63) is 67.7 Å². The second-order valence-corrected chi connectivity index (χ2v) is 16.0. The van der Waals surface area contributed by atoms with Crippen LogP contribution in [0, 0.1) is 10.5 Å². The van der Waals surface area contributed by atoms with Crippen LogP contribution in [-0.4, -0.2) is 55.3 Å². The van der Waals surface area contributed by atoms with Crippen LogP contribution in [0.2, 0.25) is 10.0 Å². The number of hydrogen-bond acceptors (Lipinski definition) is 6. The van der Waals surface area contributed by atoms with Gasteiger partial charge < -0.3 is 27.9 Å². The van der Waals surface area contributed by atoms with Gasteiger partial charge in [-0.15, -0.1) is 0 Å². The van der Waals surface area contributed by atoms with Gasteiger partial charge in [0.25, 0.3) is 0 Å². The highest BCUT2D eigenvalue weighted by Crippen LogP contribution is 2.43. The molecule has 3 aliphatic heterocycles. The van der Waals surface area contributed by atoms with Gasteiger partial charge in [-0.1, -0.05) is 40.9 Å². The van der Waals surface area contributed by atoms with E-state index in [9.17, 15) is 0 Å². The van der Waals surface area contributed by atoms with Crippen LogP contribution < -0.4 is 0 Å². The van der Waals surface area contributed by atoms with Crippen molar-refractivity contribution in [3.63, 3.8) is 0 Å². The quantitative estimate of drug-likeness (QED) is 0.215. The molecule has 12 heteroatoms. The SMILES string of the molecule is CC1(C)OB(B2OC(C)(C)C(C)(C)O2)OC1(C)C.CC1(C)O[B]OC1(C)C.Cc1ccc(Cl)cc1.Clc1ccc(I)cc1. The van der Waals surface area contributed by atoms with E-state index in [1.807, 2.05) is 139 Å². The van der Waals surface area contributed by atoms with Crippen molar-refractivity contribution in [1.82, 2.24) is 0 Å². The molecule has 0 aromatic heterocycles. The second-order valence-electron chi connectivity index (χ2n) is 13.8. The Labute approximate surface area is 285 Å². The fourth-order valence-electron chi connectivity index (χ4n) is 3.51. The van der Waals surface area contributed by atoms with Gasteiger partial charge in [-0.3, -0.25) is 0 Å². The van der Waals surface area contributed by atoms with Crippen molar-refractivity contribution in [2.24, 2.45) is 0 Å². The maximum absolute atomic E-state index is 5.96. The Morgan fingerprint density at radius 2 is 0.791 bits per heavy atom. The molecule has 0 unspecified atom stereocenters. The van der Waals surface area contributed by atoms with Gasteiger partial charge in [-0.05, 0) is 149 Å². The molecular weight excluding hydrogens is 699 g/mol. The normalized spacial score (nSPS) is 23.1. The first-order chi connectivity index (χ1) is 19.4. The summed E-state index contributed by atoms with van der Waals surface area (Å²) < 4.78 is 35.5. The molecule has 0 saturated carbocycles.